The quantitative estimate of drug-likeness (QED) is 0.286. The van der Waals surface area contributed by atoms with E-state index in [4.69, 9.17) is 11.6 Å². The summed E-state index contributed by atoms with van der Waals surface area (Å²) in [5.41, 5.74) is 4.51. The molecule has 0 spiro atoms. The number of halogens is 1. The van der Waals surface area contributed by atoms with Gasteiger partial charge in [0.1, 0.15) is 15.0 Å². The molecule has 0 aliphatic carbocycles. The fourth-order valence-electron chi connectivity index (χ4n) is 3.15. The van der Waals surface area contributed by atoms with Gasteiger partial charge in [-0.15, -0.1) is 21.5 Å². The van der Waals surface area contributed by atoms with E-state index >= 15 is 0 Å². The van der Waals surface area contributed by atoms with Crippen molar-refractivity contribution < 1.29 is 0 Å². The number of aromatic nitrogens is 3. The van der Waals surface area contributed by atoms with E-state index in [2.05, 4.69) is 45.5 Å². The Bertz CT molecular complexity index is 1280. The first-order valence-corrected chi connectivity index (χ1v) is 11.4. The van der Waals surface area contributed by atoms with E-state index in [9.17, 15) is 0 Å². The second-order valence-corrected chi connectivity index (χ2v) is 9.31. The molecule has 146 valence electrons. The van der Waals surface area contributed by atoms with Gasteiger partial charge in [0.05, 0.1) is 4.88 Å². The molecule has 30 heavy (non-hydrogen) atoms. The maximum atomic E-state index is 6.00. The van der Waals surface area contributed by atoms with Crippen molar-refractivity contribution in [3.8, 4) is 31.6 Å². The van der Waals surface area contributed by atoms with Crippen molar-refractivity contribution in [2.45, 2.75) is 6.42 Å². The van der Waals surface area contributed by atoms with Gasteiger partial charge in [-0.2, -0.15) is 0 Å². The van der Waals surface area contributed by atoms with Crippen LogP contribution in [0.3, 0.4) is 0 Å². The summed E-state index contributed by atoms with van der Waals surface area (Å²) >= 11 is 9.31. The molecule has 0 fully saturated rings. The zero-order chi connectivity index (χ0) is 20.3. The lowest BCUT2D eigenvalue weighted by atomic mass is 10.1. The number of thiazole rings is 1. The lowest BCUT2D eigenvalue weighted by Crippen LogP contribution is -1.85. The van der Waals surface area contributed by atoms with Crippen molar-refractivity contribution in [2.75, 3.05) is 0 Å². The normalized spacial score (nSPS) is 11.0. The zero-order valence-corrected chi connectivity index (χ0v) is 18.2. The van der Waals surface area contributed by atoms with Gasteiger partial charge in [-0.1, -0.05) is 83.6 Å². The van der Waals surface area contributed by atoms with E-state index in [0.29, 0.717) is 0 Å². The van der Waals surface area contributed by atoms with Gasteiger partial charge in [0.25, 0.3) is 0 Å². The van der Waals surface area contributed by atoms with E-state index in [0.717, 1.165) is 48.0 Å². The predicted molar refractivity (Wildman–Crippen MR) is 126 cm³/mol. The van der Waals surface area contributed by atoms with E-state index in [1.807, 2.05) is 54.7 Å². The van der Waals surface area contributed by atoms with Crippen LogP contribution in [0, 0.1) is 0 Å². The van der Waals surface area contributed by atoms with Gasteiger partial charge in [-0.05, 0) is 29.3 Å². The molecule has 0 atom stereocenters. The Balaban J connectivity index is 1.39. The number of hydrogen-bond donors (Lipinski definition) is 0. The van der Waals surface area contributed by atoms with Gasteiger partial charge in [0.2, 0.25) is 0 Å². The first-order chi connectivity index (χ1) is 14.7. The van der Waals surface area contributed by atoms with Crippen molar-refractivity contribution in [3.05, 3.63) is 101 Å². The first-order valence-electron chi connectivity index (χ1n) is 9.43. The predicted octanol–water partition coefficient (Wildman–Crippen LogP) is 7.24. The first kappa shape index (κ1) is 19.1. The third kappa shape index (κ3) is 4.19. The minimum absolute atomic E-state index is 0.736. The monoisotopic (exact) mass is 445 g/mol. The molecule has 5 rings (SSSR count). The van der Waals surface area contributed by atoms with Crippen molar-refractivity contribution in [1.29, 1.82) is 0 Å². The molecule has 0 saturated carbocycles. The highest BCUT2D eigenvalue weighted by molar-refractivity contribution is 7.18. The highest BCUT2D eigenvalue weighted by atomic mass is 35.5. The van der Waals surface area contributed by atoms with Crippen molar-refractivity contribution >= 4 is 34.3 Å². The fraction of sp³-hybridized carbons (Fsp3) is 0.0417. The third-order valence-corrected chi connectivity index (χ3v) is 6.98. The summed E-state index contributed by atoms with van der Waals surface area (Å²) in [5, 5.41) is 12.5. The summed E-state index contributed by atoms with van der Waals surface area (Å²) < 4.78 is 0. The summed E-state index contributed by atoms with van der Waals surface area (Å²) in [4.78, 5) is 5.75. The van der Waals surface area contributed by atoms with Gasteiger partial charge in [0.15, 0.2) is 0 Å². The van der Waals surface area contributed by atoms with Crippen LogP contribution in [0.5, 0.6) is 0 Å². The Hall–Kier alpha value is -2.86. The Labute approximate surface area is 187 Å². The van der Waals surface area contributed by atoms with Gasteiger partial charge < -0.3 is 0 Å². The zero-order valence-electron chi connectivity index (χ0n) is 15.8. The van der Waals surface area contributed by atoms with Crippen molar-refractivity contribution in [1.82, 2.24) is 15.2 Å². The van der Waals surface area contributed by atoms with Crippen LogP contribution in [0.2, 0.25) is 5.02 Å². The van der Waals surface area contributed by atoms with Crippen molar-refractivity contribution in [3.63, 3.8) is 0 Å². The van der Waals surface area contributed by atoms with Crippen LogP contribution < -0.4 is 0 Å². The second-order valence-electron chi connectivity index (χ2n) is 6.78. The number of benzene rings is 3. The van der Waals surface area contributed by atoms with Crippen LogP contribution in [0.1, 0.15) is 10.6 Å². The summed E-state index contributed by atoms with van der Waals surface area (Å²) in [6.07, 6.45) is 2.72. The van der Waals surface area contributed by atoms with Gasteiger partial charge in [-0.3, -0.25) is 0 Å². The highest BCUT2D eigenvalue weighted by Crippen LogP contribution is 2.34. The van der Waals surface area contributed by atoms with E-state index in [1.54, 1.807) is 22.7 Å². The van der Waals surface area contributed by atoms with Gasteiger partial charge >= 0.3 is 0 Å². The summed E-state index contributed by atoms with van der Waals surface area (Å²) in [5.74, 6) is 0. The highest BCUT2D eigenvalue weighted by Gasteiger charge is 2.11. The summed E-state index contributed by atoms with van der Waals surface area (Å²) in [6.45, 7) is 0. The lowest BCUT2D eigenvalue weighted by Gasteiger charge is -2.00. The SMILES string of the molecule is Clc1ccc(-c2cnc(-c3cccc(-c4nnc(Cc5ccccc5)s4)c3)s2)cc1. The molecule has 0 aliphatic heterocycles. The minimum Gasteiger partial charge on any atom is -0.244 e. The topological polar surface area (TPSA) is 38.7 Å². The Morgan fingerprint density at radius 1 is 0.700 bits per heavy atom. The molecule has 0 amide bonds. The molecule has 0 bridgehead atoms. The lowest BCUT2D eigenvalue weighted by molar-refractivity contribution is 1.01. The number of rotatable bonds is 5. The molecule has 0 unspecified atom stereocenters. The van der Waals surface area contributed by atoms with Crippen molar-refractivity contribution in [2.24, 2.45) is 0 Å². The molecule has 3 nitrogen and oxygen atoms in total. The molecule has 0 saturated heterocycles. The average molecular weight is 446 g/mol. The van der Waals surface area contributed by atoms with Crippen LogP contribution in [0.15, 0.2) is 85.1 Å². The van der Waals surface area contributed by atoms with Crippen LogP contribution in [0.25, 0.3) is 31.6 Å². The smallest absolute Gasteiger partial charge is 0.147 e. The molecule has 2 aromatic heterocycles. The standard InChI is InChI=1S/C24H16ClN3S2/c25-20-11-9-17(10-12-20)21-15-26-23(29-21)18-7-4-8-19(14-18)24-28-27-22(30-24)13-16-5-2-1-3-6-16/h1-12,14-15H,13H2. The largest absolute Gasteiger partial charge is 0.244 e. The molecule has 3 aromatic carbocycles. The molecule has 0 N–H and O–H groups in total. The maximum Gasteiger partial charge on any atom is 0.147 e. The molecular weight excluding hydrogens is 430 g/mol. The summed E-state index contributed by atoms with van der Waals surface area (Å²) in [7, 11) is 0. The number of nitrogens with zero attached hydrogens (tertiary/aromatic N) is 3. The van der Waals surface area contributed by atoms with E-state index in [1.165, 1.54) is 5.56 Å². The number of hydrogen-bond acceptors (Lipinski definition) is 5. The Kier molecular flexibility index (Phi) is 5.41. The molecule has 0 radical (unpaired) electrons. The summed E-state index contributed by atoms with van der Waals surface area (Å²) in [6, 6.07) is 26.5. The third-order valence-electron chi connectivity index (χ3n) is 4.66. The molecule has 5 aromatic rings. The average Bonchev–Trinajstić information content (AvgIpc) is 3.45. The van der Waals surface area contributed by atoms with Gasteiger partial charge in [-0.25, -0.2) is 4.98 Å². The molecule has 6 heteroatoms. The van der Waals surface area contributed by atoms with Gasteiger partial charge in [0, 0.05) is 28.8 Å². The fourth-order valence-corrected chi connectivity index (χ4v) is 5.07. The van der Waals surface area contributed by atoms with Crippen LogP contribution >= 0.6 is 34.3 Å². The second kappa shape index (κ2) is 8.48. The van der Waals surface area contributed by atoms with Crippen LogP contribution in [0.4, 0.5) is 0 Å². The van der Waals surface area contributed by atoms with Crippen LogP contribution in [-0.4, -0.2) is 15.2 Å². The molecule has 2 heterocycles. The Morgan fingerprint density at radius 3 is 2.27 bits per heavy atom. The van der Waals surface area contributed by atoms with E-state index < -0.39 is 0 Å². The Morgan fingerprint density at radius 2 is 1.47 bits per heavy atom. The maximum absolute atomic E-state index is 6.00. The minimum atomic E-state index is 0.736. The van der Waals surface area contributed by atoms with Crippen LogP contribution in [-0.2, 0) is 6.42 Å². The molecule has 0 aliphatic rings. The van der Waals surface area contributed by atoms with E-state index in [-0.39, 0.29) is 0 Å². The molecular formula is C24H16ClN3S2.